The van der Waals surface area contributed by atoms with Crippen LogP contribution in [0.4, 0.5) is 13.2 Å². The van der Waals surface area contributed by atoms with Crippen molar-refractivity contribution in [3.05, 3.63) is 54.8 Å². The van der Waals surface area contributed by atoms with Gasteiger partial charge in [0.05, 0.1) is 89.6 Å². The molecule has 1 aromatic carbocycles. The number of rotatable bonds is 27. The van der Waals surface area contributed by atoms with E-state index >= 15 is 0 Å². The van der Waals surface area contributed by atoms with Gasteiger partial charge in [-0.05, 0) is 148 Å². The van der Waals surface area contributed by atoms with E-state index in [9.17, 15) is 44.7 Å². The largest absolute Gasteiger partial charge is 0.534 e. The predicted molar refractivity (Wildman–Crippen MR) is 348 cm³/mol. The molecule has 0 radical (unpaired) electrons. The van der Waals surface area contributed by atoms with E-state index < -0.39 is 59.7 Å². The maximum absolute atomic E-state index is 13.5. The molecular weight excluding hydrogens is 1410 g/mol. The fraction of sp³-hybridized carbons (Fsp3) is 0.806. The summed E-state index contributed by atoms with van der Waals surface area (Å²) in [6.45, 7) is 29.6. The molecule has 5 heterocycles. The van der Waals surface area contributed by atoms with Gasteiger partial charge in [-0.25, -0.2) is 8.42 Å². The Bertz CT molecular complexity index is 2550. The van der Waals surface area contributed by atoms with Gasteiger partial charge in [-0.1, -0.05) is 118 Å². The first-order valence-electron chi connectivity index (χ1n) is 30.1. The van der Waals surface area contributed by atoms with Gasteiger partial charge in [0.1, 0.15) is 17.0 Å². The zero-order valence-electron chi connectivity index (χ0n) is 52.6. The normalized spacial score (nSPS) is 29.9. The summed E-state index contributed by atoms with van der Waals surface area (Å²) >= 11 is 4.67. The van der Waals surface area contributed by atoms with Gasteiger partial charge in [-0.15, -0.1) is 0 Å². The van der Waals surface area contributed by atoms with Crippen molar-refractivity contribution in [3.8, 4) is 0 Å². The van der Waals surface area contributed by atoms with Crippen molar-refractivity contribution < 1.29 is 87.5 Å². The van der Waals surface area contributed by atoms with Crippen LogP contribution in [0.2, 0.25) is 0 Å². The van der Waals surface area contributed by atoms with Crippen molar-refractivity contribution in [1.82, 2.24) is 0 Å². The van der Waals surface area contributed by atoms with Gasteiger partial charge in [0.2, 0.25) is 0 Å². The smallest absolute Gasteiger partial charge is 0.465 e. The topological polar surface area (TPSA) is 228 Å². The Morgan fingerprint density at radius 1 is 0.721 bits per heavy atom. The van der Waals surface area contributed by atoms with Crippen LogP contribution < -0.4 is 0 Å². The average molecular weight is 1510 g/mol. The number of hydrogen-bond acceptors (Lipinski definition) is 15. The zero-order valence-corrected chi connectivity index (χ0v) is 60.0. The highest BCUT2D eigenvalue weighted by Crippen LogP contribution is 2.48. The molecule has 0 saturated carbocycles. The van der Waals surface area contributed by atoms with E-state index in [1.54, 1.807) is 52.0 Å². The molecule has 3 N–H and O–H groups in total. The first kappa shape index (κ1) is 79.0. The molecule has 17 atom stereocenters. The van der Waals surface area contributed by atoms with Crippen molar-refractivity contribution in [3.63, 3.8) is 0 Å². The Morgan fingerprint density at radius 3 is 1.62 bits per heavy atom. The third kappa shape index (κ3) is 21.7. The van der Waals surface area contributed by atoms with Gasteiger partial charge < -0.3 is 47.9 Å². The van der Waals surface area contributed by atoms with Crippen LogP contribution in [0.5, 0.6) is 0 Å². The van der Waals surface area contributed by atoms with Crippen molar-refractivity contribution >= 4 is 87.0 Å². The number of allylic oxidation sites excluding steroid dienone is 1. The van der Waals surface area contributed by atoms with Crippen LogP contribution in [-0.4, -0.2) is 139 Å². The molecular formula is C62H102F3I2O16PS2. The van der Waals surface area contributed by atoms with E-state index in [-0.39, 0.29) is 112 Å². The van der Waals surface area contributed by atoms with Crippen LogP contribution >= 0.6 is 55.1 Å². The molecule has 0 bridgehead atoms. The number of sulfone groups is 1. The standard InChI is InChI=1S/C40H63IO8S.C22H34F3IO7S.H2O.H3P/c1-9-26(2)20-35-29(5)33(24-50(44,45)32-15-11-10-12-16-32)36(48-35)22-34(42)28(4)27(3)21-30-17-18-37-40(25-41,49-30)23-31(47-37)14-13-19-46-38(43)39(6,7)8;1-14(15(2)33-34(28,29)22(23,24)25)11-16-8-9-18-21(13-26,32-16)12-17(31-18)7-6-10-30-19(27)20(3,4)5;;/h10-12,15-16,26-27,29-31,33-37,42H,4,9,13-14,17-25H2,1-3,5-8H3;14,16-18H,2,6-13H2,1,3-5H3;1H2;1H3/t26-,27-,29-,30?,31+,33-,34-,35-,36+,37+,40-;14-,16?,17+,18+,21-;;/m11../s1. The minimum absolute atomic E-state index is 0. The van der Waals surface area contributed by atoms with Crippen molar-refractivity contribution in [2.24, 2.45) is 40.4 Å². The highest BCUT2D eigenvalue weighted by atomic mass is 127. The van der Waals surface area contributed by atoms with E-state index in [0.717, 1.165) is 74.2 Å². The van der Waals surface area contributed by atoms with Crippen LogP contribution in [0, 0.1) is 40.4 Å². The lowest BCUT2D eigenvalue weighted by molar-refractivity contribution is -0.156. The molecule has 1 aromatic rings. The van der Waals surface area contributed by atoms with Gasteiger partial charge in [-0.3, -0.25) is 9.59 Å². The van der Waals surface area contributed by atoms with E-state index in [4.69, 9.17) is 33.2 Å². The Morgan fingerprint density at radius 2 is 1.19 bits per heavy atom. The Hall–Kier alpha value is -1.26. The number of carbonyl (C=O) groups excluding carboxylic acids is 2. The van der Waals surface area contributed by atoms with Crippen LogP contribution in [-0.2, 0) is 66.9 Å². The van der Waals surface area contributed by atoms with E-state index in [2.05, 4.69) is 90.2 Å². The molecule has 24 heteroatoms. The summed E-state index contributed by atoms with van der Waals surface area (Å²) in [5.74, 6) is -1.24. The van der Waals surface area contributed by atoms with Crippen LogP contribution in [0.25, 0.3) is 0 Å². The number of benzene rings is 1. The second-order valence-electron chi connectivity index (χ2n) is 26.6. The molecule has 0 aliphatic carbocycles. The summed E-state index contributed by atoms with van der Waals surface area (Å²) in [6, 6.07) is 8.64. The number of hydrogen-bond donors (Lipinski definition) is 1. The lowest BCUT2D eigenvalue weighted by Crippen LogP contribution is -2.50. The van der Waals surface area contributed by atoms with Gasteiger partial charge in [0, 0.05) is 40.0 Å². The molecule has 5 aliphatic heterocycles. The number of halogens is 5. The van der Waals surface area contributed by atoms with Gasteiger partial charge in [0.15, 0.2) is 9.84 Å². The maximum atomic E-state index is 13.5. The summed E-state index contributed by atoms with van der Waals surface area (Å²) in [6.07, 6.45) is 9.38. The van der Waals surface area contributed by atoms with Crippen LogP contribution in [0.15, 0.2) is 59.7 Å². The molecule has 498 valence electrons. The molecule has 0 spiro atoms. The van der Waals surface area contributed by atoms with Gasteiger partial charge in [0.25, 0.3) is 0 Å². The molecule has 5 saturated heterocycles. The Kier molecular flexibility index (Phi) is 30.8. The molecule has 5 aliphatic rings. The van der Waals surface area contributed by atoms with Gasteiger partial charge >= 0.3 is 27.6 Å². The lowest BCUT2D eigenvalue weighted by atomic mass is 9.82. The predicted octanol–water partition coefficient (Wildman–Crippen LogP) is 12.6. The second kappa shape index (κ2) is 33.5. The highest BCUT2D eigenvalue weighted by Gasteiger charge is 2.55. The summed E-state index contributed by atoms with van der Waals surface area (Å²) in [5.41, 5.74) is -6.66. The Labute approximate surface area is 542 Å². The number of fused-ring (bicyclic) bond motifs is 2. The summed E-state index contributed by atoms with van der Waals surface area (Å²) in [5, 5.41) is 11.6. The van der Waals surface area contributed by atoms with E-state index in [0.29, 0.717) is 54.1 Å². The van der Waals surface area contributed by atoms with E-state index in [1.165, 1.54) is 0 Å². The first-order chi connectivity index (χ1) is 39.0. The highest BCUT2D eigenvalue weighted by molar-refractivity contribution is 14.1. The summed E-state index contributed by atoms with van der Waals surface area (Å²) in [7, 11) is -9.26. The van der Waals surface area contributed by atoms with Crippen LogP contribution in [0.1, 0.15) is 172 Å². The van der Waals surface area contributed by atoms with Crippen molar-refractivity contribution in [2.75, 3.05) is 27.8 Å². The summed E-state index contributed by atoms with van der Waals surface area (Å²) < 4.78 is 136. The summed E-state index contributed by atoms with van der Waals surface area (Å²) in [4.78, 5) is 24.3. The minimum atomic E-state index is -5.74. The third-order valence-corrected chi connectivity index (χ3v) is 23.0. The third-order valence-electron chi connectivity index (χ3n) is 17.6. The van der Waals surface area contributed by atoms with Crippen molar-refractivity contribution in [1.29, 1.82) is 0 Å². The SMILES string of the molecule is C=C(OS(=O)(=O)C(F)(F)F)[C@H](C)CC1CC[C@@H]2O[C@@H](CCCOC(=O)C(C)(C)C)C[C@]2(CI)O1.C=C([C@H](C)CC1CC[C@@H]2O[C@@H](CCCOC(=O)C(C)(C)C)C[C@]2(CI)O1)[C@H](O)C[C@@H]1O[C@H](C[C@H](C)CC)[C@H](C)[C@H]1CS(=O)(=O)c1ccccc1.O.P. The molecule has 0 amide bonds. The Balaban J connectivity index is 0.000000472. The molecule has 0 aromatic heterocycles. The lowest BCUT2D eigenvalue weighted by Gasteiger charge is -2.42. The molecule has 6 rings (SSSR count). The molecule has 16 nitrogen and oxygen atoms in total. The fourth-order valence-electron chi connectivity index (χ4n) is 12.0. The van der Waals surface area contributed by atoms with Gasteiger partial charge in [-0.2, -0.15) is 31.5 Å². The van der Waals surface area contributed by atoms with Crippen molar-refractivity contribution in [2.45, 2.75) is 249 Å². The quantitative estimate of drug-likeness (QED) is 0.00994. The van der Waals surface area contributed by atoms with E-state index in [1.807, 2.05) is 26.8 Å². The average Bonchev–Trinajstić information content (AvgIpc) is 1.73. The number of aliphatic hydroxyl groups is 1. The maximum Gasteiger partial charge on any atom is 0.534 e. The number of ether oxygens (including phenoxy) is 7. The zero-order chi connectivity index (χ0) is 62.8. The number of alkyl halides is 5. The molecule has 86 heavy (non-hydrogen) atoms. The fourth-order valence-corrected chi connectivity index (χ4v) is 16.3. The monoisotopic (exact) mass is 1510 g/mol. The molecule has 3 unspecified atom stereocenters. The molecule has 5 fully saturated rings. The number of carbonyl (C=O) groups is 2. The number of aliphatic hydroxyl groups excluding tert-OH is 1. The first-order valence-corrected chi connectivity index (χ1v) is 36.2. The van der Waals surface area contributed by atoms with Crippen LogP contribution in [0.3, 0.4) is 0 Å². The minimum Gasteiger partial charge on any atom is -0.465 e. The second-order valence-corrected chi connectivity index (χ2v) is 31.7. The number of esters is 2.